The van der Waals surface area contributed by atoms with Crippen LogP contribution in [0.1, 0.15) is 31.1 Å². The fourth-order valence-corrected chi connectivity index (χ4v) is 2.20. The van der Waals surface area contributed by atoms with Gasteiger partial charge in [-0.2, -0.15) is 0 Å². The molecule has 2 N–H and O–H groups in total. The van der Waals surface area contributed by atoms with E-state index in [0.29, 0.717) is 22.7 Å². The Morgan fingerprint density at radius 2 is 1.56 bits per heavy atom. The Bertz CT molecular complexity index is 815. The van der Waals surface area contributed by atoms with Crippen molar-refractivity contribution < 1.29 is 23.9 Å². The van der Waals surface area contributed by atoms with Gasteiger partial charge in [-0.15, -0.1) is 0 Å². The van der Waals surface area contributed by atoms with E-state index < -0.39 is 17.8 Å². The van der Waals surface area contributed by atoms with Crippen molar-refractivity contribution in [2.24, 2.45) is 0 Å². The van der Waals surface area contributed by atoms with Crippen molar-refractivity contribution in [1.29, 1.82) is 0 Å². The predicted molar refractivity (Wildman–Crippen MR) is 102 cm³/mol. The molecule has 0 radical (unpaired) electrons. The maximum Gasteiger partial charge on any atom is 0.338 e. The lowest BCUT2D eigenvalue weighted by Gasteiger charge is -2.14. The van der Waals surface area contributed by atoms with Crippen molar-refractivity contribution >= 4 is 29.2 Å². The highest BCUT2D eigenvalue weighted by atomic mass is 16.5. The van der Waals surface area contributed by atoms with E-state index in [1.807, 2.05) is 13.8 Å². The van der Waals surface area contributed by atoms with Gasteiger partial charge in [0, 0.05) is 5.69 Å². The van der Waals surface area contributed by atoms with E-state index in [2.05, 4.69) is 10.6 Å². The van der Waals surface area contributed by atoms with Gasteiger partial charge in [-0.05, 0) is 57.2 Å². The maximum atomic E-state index is 12.2. The quantitative estimate of drug-likeness (QED) is 0.601. The SMILES string of the molecule is CCOC(=O)c1ccc(NC(=O)C(=O)Nc2ccccc2OC(C)C)cc1. The first kappa shape index (κ1) is 20.0. The van der Waals surface area contributed by atoms with E-state index in [1.54, 1.807) is 31.2 Å². The summed E-state index contributed by atoms with van der Waals surface area (Å²) in [6.07, 6.45) is -0.0743. The number of rotatable bonds is 6. The molecule has 0 heterocycles. The molecule has 2 aromatic carbocycles. The molecule has 7 heteroatoms. The van der Waals surface area contributed by atoms with Gasteiger partial charge in [0.2, 0.25) is 0 Å². The summed E-state index contributed by atoms with van der Waals surface area (Å²) in [6.45, 7) is 5.73. The second kappa shape index (κ2) is 9.38. The Labute approximate surface area is 157 Å². The number of hydrogen-bond donors (Lipinski definition) is 2. The minimum atomic E-state index is -0.835. The number of anilines is 2. The molecular formula is C20H22N2O5. The molecule has 0 saturated carbocycles. The molecule has 2 amide bonds. The van der Waals surface area contributed by atoms with E-state index in [4.69, 9.17) is 9.47 Å². The van der Waals surface area contributed by atoms with Crippen LogP contribution in [-0.2, 0) is 14.3 Å². The first-order valence-electron chi connectivity index (χ1n) is 8.56. The zero-order valence-electron chi connectivity index (χ0n) is 15.4. The Morgan fingerprint density at radius 1 is 0.926 bits per heavy atom. The van der Waals surface area contributed by atoms with Gasteiger partial charge in [-0.25, -0.2) is 4.79 Å². The smallest absolute Gasteiger partial charge is 0.338 e. The number of hydrogen-bond acceptors (Lipinski definition) is 5. The maximum absolute atomic E-state index is 12.2. The average molecular weight is 370 g/mol. The van der Waals surface area contributed by atoms with E-state index in [0.717, 1.165) is 0 Å². The van der Waals surface area contributed by atoms with Gasteiger partial charge in [0.25, 0.3) is 0 Å². The number of nitrogens with one attached hydrogen (secondary N) is 2. The number of esters is 1. The summed E-state index contributed by atoms with van der Waals surface area (Å²) >= 11 is 0. The highest BCUT2D eigenvalue weighted by Gasteiger charge is 2.17. The van der Waals surface area contributed by atoms with Gasteiger partial charge in [-0.3, -0.25) is 9.59 Å². The van der Waals surface area contributed by atoms with Gasteiger partial charge >= 0.3 is 17.8 Å². The Hall–Kier alpha value is -3.35. The monoisotopic (exact) mass is 370 g/mol. The molecular weight excluding hydrogens is 348 g/mol. The fraction of sp³-hybridized carbons (Fsp3) is 0.250. The van der Waals surface area contributed by atoms with Gasteiger partial charge in [0.1, 0.15) is 5.75 Å². The number of carbonyl (C=O) groups excluding carboxylic acids is 3. The molecule has 0 aromatic heterocycles. The van der Waals surface area contributed by atoms with Crippen molar-refractivity contribution in [1.82, 2.24) is 0 Å². The summed E-state index contributed by atoms with van der Waals surface area (Å²) in [4.78, 5) is 35.9. The molecule has 2 aromatic rings. The molecule has 142 valence electrons. The molecule has 0 saturated heterocycles. The predicted octanol–water partition coefficient (Wildman–Crippen LogP) is 3.23. The van der Waals surface area contributed by atoms with Gasteiger partial charge in [0.15, 0.2) is 0 Å². The normalized spacial score (nSPS) is 10.2. The van der Waals surface area contributed by atoms with Crippen LogP contribution >= 0.6 is 0 Å². The second-order valence-corrected chi connectivity index (χ2v) is 5.87. The van der Waals surface area contributed by atoms with Crippen molar-refractivity contribution in [3.8, 4) is 5.75 Å². The van der Waals surface area contributed by atoms with E-state index in [9.17, 15) is 14.4 Å². The molecule has 7 nitrogen and oxygen atoms in total. The Kier molecular flexibility index (Phi) is 6.93. The minimum Gasteiger partial charge on any atom is -0.489 e. The van der Waals surface area contributed by atoms with Crippen molar-refractivity contribution in [3.05, 3.63) is 54.1 Å². The summed E-state index contributed by atoms with van der Waals surface area (Å²) in [6, 6.07) is 12.9. The largest absolute Gasteiger partial charge is 0.489 e. The summed E-state index contributed by atoms with van der Waals surface area (Å²) in [5.41, 5.74) is 1.15. The van der Waals surface area contributed by atoms with Crippen molar-refractivity contribution in [2.45, 2.75) is 26.9 Å². The lowest BCUT2D eigenvalue weighted by molar-refractivity contribution is -0.133. The molecule has 0 unspecified atom stereocenters. The van der Waals surface area contributed by atoms with Crippen LogP contribution in [0.25, 0.3) is 0 Å². The number of ether oxygens (including phenoxy) is 2. The van der Waals surface area contributed by atoms with E-state index in [1.165, 1.54) is 24.3 Å². The van der Waals surface area contributed by atoms with Crippen LogP contribution in [0.5, 0.6) is 5.75 Å². The minimum absolute atomic E-state index is 0.0743. The first-order valence-corrected chi connectivity index (χ1v) is 8.56. The number of amides is 2. The molecule has 0 aliphatic heterocycles. The lowest BCUT2D eigenvalue weighted by Crippen LogP contribution is -2.29. The van der Waals surface area contributed by atoms with Gasteiger partial charge in [-0.1, -0.05) is 12.1 Å². The zero-order chi connectivity index (χ0) is 19.8. The van der Waals surface area contributed by atoms with Crippen LogP contribution < -0.4 is 15.4 Å². The fourth-order valence-electron chi connectivity index (χ4n) is 2.20. The van der Waals surface area contributed by atoms with E-state index >= 15 is 0 Å². The Morgan fingerprint density at radius 3 is 2.19 bits per heavy atom. The summed E-state index contributed by atoms with van der Waals surface area (Å²) in [5.74, 6) is -1.63. The summed E-state index contributed by atoms with van der Waals surface area (Å²) < 4.78 is 10.5. The van der Waals surface area contributed by atoms with Crippen LogP contribution in [0.15, 0.2) is 48.5 Å². The lowest BCUT2D eigenvalue weighted by atomic mass is 10.2. The molecule has 0 aliphatic carbocycles. The molecule has 27 heavy (non-hydrogen) atoms. The van der Waals surface area contributed by atoms with Gasteiger partial charge < -0.3 is 20.1 Å². The van der Waals surface area contributed by atoms with E-state index in [-0.39, 0.29) is 12.7 Å². The molecule has 0 atom stereocenters. The standard InChI is InChI=1S/C20H22N2O5/c1-4-26-20(25)14-9-11-15(12-10-14)21-18(23)19(24)22-16-7-5-6-8-17(16)27-13(2)3/h5-13H,4H2,1-3H3,(H,21,23)(H,22,24). The highest BCUT2D eigenvalue weighted by Crippen LogP contribution is 2.24. The highest BCUT2D eigenvalue weighted by molar-refractivity contribution is 6.43. The Balaban J connectivity index is 2.00. The molecule has 0 spiro atoms. The van der Waals surface area contributed by atoms with Crippen molar-refractivity contribution in [3.63, 3.8) is 0 Å². The van der Waals surface area contributed by atoms with Crippen molar-refractivity contribution in [2.75, 3.05) is 17.2 Å². The first-order chi connectivity index (χ1) is 12.9. The summed E-state index contributed by atoms with van der Waals surface area (Å²) in [5, 5.41) is 5.01. The third kappa shape index (κ3) is 5.85. The number of benzene rings is 2. The summed E-state index contributed by atoms with van der Waals surface area (Å²) in [7, 11) is 0. The number of para-hydroxylation sites is 2. The molecule has 0 bridgehead atoms. The molecule has 0 fully saturated rings. The molecule has 2 rings (SSSR count). The van der Waals surface area contributed by atoms with Crippen LogP contribution in [0.2, 0.25) is 0 Å². The van der Waals surface area contributed by atoms with Crippen LogP contribution in [0.3, 0.4) is 0 Å². The van der Waals surface area contributed by atoms with Gasteiger partial charge in [0.05, 0.1) is 24.0 Å². The van der Waals surface area contributed by atoms with Crippen LogP contribution in [0, 0.1) is 0 Å². The zero-order valence-corrected chi connectivity index (χ0v) is 15.4. The molecule has 0 aliphatic rings. The van der Waals surface area contributed by atoms with Crippen LogP contribution in [-0.4, -0.2) is 30.5 Å². The number of carbonyl (C=O) groups is 3. The third-order valence-corrected chi connectivity index (χ3v) is 3.36. The third-order valence-electron chi connectivity index (χ3n) is 3.36. The van der Waals surface area contributed by atoms with Crippen LogP contribution in [0.4, 0.5) is 11.4 Å². The topological polar surface area (TPSA) is 93.7 Å². The average Bonchev–Trinajstić information content (AvgIpc) is 2.63. The second-order valence-electron chi connectivity index (χ2n) is 5.87.